The largest absolute Gasteiger partial charge is 0.131 e. The van der Waals surface area contributed by atoms with Gasteiger partial charge in [-0.25, -0.2) is 0 Å². The van der Waals surface area contributed by atoms with Gasteiger partial charge >= 0.3 is 0 Å². The standard InChI is InChI=1S/C13H15P/c1-2-6-11-9-10-14-13(11)12-7-4-3-5-8-12/h3-5,7-10,14H,2,6H2,1H3. The van der Waals surface area contributed by atoms with Gasteiger partial charge in [-0.2, -0.15) is 0 Å². The zero-order valence-electron chi connectivity index (χ0n) is 8.46. The van der Waals surface area contributed by atoms with E-state index in [1.54, 1.807) is 5.30 Å². The van der Waals surface area contributed by atoms with E-state index in [0.717, 1.165) is 8.19 Å². The summed E-state index contributed by atoms with van der Waals surface area (Å²) in [5.74, 6) is 2.30. The Bertz CT molecular complexity index is 387. The topological polar surface area (TPSA) is 0 Å². The van der Waals surface area contributed by atoms with E-state index in [0.29, 0.717) is 0 Å². The monoisotopic (exact) mass is 202 g/mol. The molecule has 2 rings (SSSR count). The van der Waals surface area contributed by atoms with Gasteiger partial charge in [0.15, 0.2) is 0 Å². The minimum atomic E-state index is 0.866. The Kier molecular flexibility index (Phi) is 3.06. The average Bonchev–Trinajstić information content (AvgIpc) is 2.68. The van der Waals surface area contributed by atoms with Gasteiger partial charge in [-0.15, -0.1) is 8.19 Å². The first-order valence-electron chi connectivity index (χ1n) is 5.13. The predicted molar refractivity (Wildman–Crippen MR) is 65.4 cm³/mol. The van der Waals surface area contributed by atoms with E-state index in [1.165, 1.54) is 24.0 Å². The Morgan fingerprint density at radius 1 is 1.07 bits per heavy atom. The Balaban J connectivity index is 2.37. The molecule has 72 valence electrons. The molecule has 1 unspecified atom stereocenters. The first-order chi connectivity index (χ1) is 6.92. The van der Waals surface area contributed by atoms with Gasteiger partial charge in [0.25, 0.3) is 0 Å². The molecule has 0 aliphatic rings. The Hall–Kier alpha value is -1.00. The molecule has 1 aromatic carbocycles. The van der Waals surface area contributed by atoms with Gasteiger partial charge in [0, 0.05) is 5.30 Å². The molecule has 0 amide bonds. The second-order valence-electron chi connectivity index (χ2n) is 3.49. The third-order valence-corrected chi connectivity index (χ3v) is 3.65. The van der Waals surface area contributed by atoms with Crippen molar-refractivity contribution in [1.29, 1.82) is 0 Å². The summed E-state index contributed by atoms with van der Waals surface area (Å²) in [7, 11) is 0.866. The van der Waals surface area contributed by atoms with Crippen LogP contribution in [-0.4, -0.2) is 0 Å². The summed E-state index contributed by atoms with van der Waals surface area (Å²) in [6.07, 6.45) is 2.45. The fraction of sp³-hybridized carbons (Fsp3) is 0.231. The van der Waals surface area contributed by atoms with Crippen LogP contribution in [0.3, 0.4) is 0 Å². The molecular weight excluding hydrogens is 187 g/mol. The Morgan fingerprint density at radius 3 is 2.57 bits per heavy atom. The molecule has 0 radical (unpaired) electrons. The van der Waals surface area contributed by atoms with Crippen LogP contribution < -0.4 is 0 Å². The predicted octanol–water partition coefficient (Wildman–Crippen LogP) is 4.34. The normalized spacial score (nSPS) is 10.9. The van der Waals surface area contributed by atoms with Crippen molar-refractivity contribution in [1.82, 2.24) is 0 Å². The van der Waals surface area contributed by atoms with Gasteiger partial charge in [-0.3, -0.25) is 0 Å². The number of benzene rings is 1. The fourth-order valence-electron chi connectivity index (χ4n) is 1.75. The van der Waals surface area contributed by atoms with Crippen molar-refractivity contribution in [2.75, 3.05) is 0 Å². The van der Waals surface area contributed by atoms with Crippen LogP contribution in [0.15, 0.2) is 42.2 Å². The summed E-state index contributed by atoms with van der Waals surface area (Å²) in [5.41, 5.74) is 2.94. The lowest BCUT2D eigenvalue weighted by Gasteiger charge is -2.02. The lowest BCUT2D eigenvalue weighted by atomic mass is 10.1. The van der Waals surface area contributed by atoms with E-state index >= 15 is 0 Å². The molecule has 0 nitrogen and oxygen atoms in total. The Labute approximate surface area is 87.1 Å². The highest BCUT2D eigenvalue weighted by Gasteiger charge is 2.03. The third kappa shape index (κ3) is 1.91. The van der Waals surface area contributed by atoms with Gasteiger partial charge in [-0.05, 0) is 23.3 Å². The summed E-state index contributed by atoms with van der Waals surface area (Å²) in [6.45, 7) is 2.24. The van der Waals surface area contributed by atoms with Crippen LogP contribution in [0.25, 0.3) is 10.9 Å². The lowest BCUT2D eigenvalue weighted by molar-refractivity contribution is 0.928. The van der Waals surface area contributed by atoms with Crippen LogP contribution in [0.1, 0.15) is 18.9 Å². The molecule has 2 aromatic rings. The number of hydrogen-bond donors (Lipinski definition) is 0. The summed E-state index contributed by atoms with van der Waals surface area (Å²) in [4.78, 5) is 0. The van der Waals surface area contributed by atoms with Crippen LogP contribution in [0, 0.1) is 0 Å². The van der Waals surface area contributed by atoms with E-state index in [2.05, 4.69) is 49.1 Å². The molecule has 1 heterocycles. The first kappa shape index (κ1) is 9.55. The van der Waals surface area contributed by atoms with Crippen molar-refractivity contribution in [3.63, 3.8) is 0 Å². The van der Waals surface area contributed by atoms with Crippen molar-refractivity contribution >= 4 is 8.19 Å². The second-order valence-corrected chi connectivity index (χ2v) is 4.62. The second kappa shape index (κ2) is 4.48. The van der Waals surface area contributed by atoms with Gasteiger partial charge in [0.1, 0.15) is 0 Å². The number of rotatable bonds is 3. The maximum atomic E-state index is 2.30. The highest BCUT2D eigenvalue weighted by Crippen LogP contribution is 2.33. The van der Waals surface area contributed by atoms with Crippen LogP contribution in [-0.2, 0) is 6.42 Å². The van der Waals surface area contributed by atoms with Crippen LogP contribution in [0.2, 0.25) is 0 Å². The van der Waals surface area contributed by atoms with E-state index < -0.39 is 0 Å². The Morgan fingerprint density at radius 2 is 1.86 bits per heavy atom. The molecule has 0 spiro atoms. The third-order valence-electron chi connectivity index (χ3n) is 2.42. The SMILES string of the molecule is CCCc1cc[pH]c1-c1ccccc1. The van der Waals surface area contributed by atoms with Crippen molar-refractivity contribution in [3.05, 3.63) is 47.8 Å². The van der Waals surface area contributed by atoms with Gasteiger partial charge < -0.3 is 0 Å². The number of aryl methyl sites for hydroxylation is 1. The number of hydrogen-bond acceptors (Lipinski definition) is 0. The molecule has 0 bridgehead atoms. The van der Waals surface area contributed by atoms with E-state index in [9.17, 15) is 0 Å². The molecule has 1 heteroatoms. The highest BCUT2D eigenvalue weighted by molar-refractivity contribution is 7.33. The quantitative estimate of drug-likeness (QED) is 0.694. The van der Waals surface area contributed by atoms with E-state index in [-0.39, 0.29) is 0 Å². The van der Waals surface area contributed by atoms with E-state index in [4.69, 9.17) is 0 Å². The fourth-order valence-corrected chi connectivity index (χ4v) is 2.93. The molecule has 14 heavy (non-hydrogen) atoms. The van der Waals surface area contributed by atoms with Crippen molar-refractivity contribution in [3.8, 4) is 10.9 Å². The maximum Gasteiger partial charge on any atom is 0.00137 e. The molecule has 0 aliphatic heterocycles. The first-order valence-corrected chi connectivity index (χ1v) is 6.21. The minimum absolute atomic E-state index is 0.866. The minimum Gasteiger partial charge on any atom is -0.131 e. The molecular formula is C13H15P. The average molecular weight is 202 g/mol. The molecule has 0 fully saturated rings. The van der Waals surface area contributed by atoms with Gasteiger partial charge in [0.2, 0.25) is 0 Å². The van der Waals surface area contributed by atoms with Crippen LogP contribution in [0.4, 0.5) is 0 Å². The van der Waals surface area contributed by atoms with E-state index in [1.807, 2.05) is 0 Å². The zero-order chi connectivity index (χ0) is 9.80. The highest BCUT2D eigenvalue weighted by atomic mass is 31.0. The molecule has 1 aromatic heterocycles. The summed E-state index contributed by atoms with van der Waals surface area (Å²) in [5, 5.41) is 1.55. The molecule has 0 saturated heterocycles. The van der Waals surface area contributed by atoms with Gasteiger partial charge in [0.05, 0.1) is 0 Å². The molecule has 1 atom stereocenters. The van der Waals surface area contributed by atoms with Crippen LogP contribution in [0.5, 0.6) is 0 Å². The molecule has 0 N–H and O–H groups in total. The molecule has 0 saturated carbocycles. The smallest absolute Gasteiger partial charge is 0.00137 e. The van der Waals surface area contributed by atoms with Crippen molar-refractivity contribution < 1.29 is 0 Å². The van der Waals surface area contributed by atoms with Gasteiger partial charge in [-0.1, -0.05) is 49.7 Å². The van der Waals surface area contributed by atoms with Crippen LogP contribution >= 0.6 is 8.19 Å². The summed E-state index contributed by atoms with van der Waals surface area (Å²) < 4.78 is 0. The maximum absolute atomic E-state index is 2.30. The molecule has 0 aliphatic carbocycles. The zero-order valence-corrected chi connectivity index (χ0v) is 9.46. The summed E-state index contributed by atoms with van der Waals surface area (Å²) in [6, 6.07) is 13.0. The lowest BCUT2D eigenvalue weighted by Crippen LogP contribution is -1.82. The summed E-state index contributed by atoms with van der Waals surface area (Å²) >= 11 is 0. The van der Waals surface area contributed by atoms with Crippen molar-refractivity contribution in [2.45, 2.75) is 19.8 Å². The van der Waals surface area contributed by atoms with Crippen molar-refractivity contribution in [2.24, 2.45) is 0 Å².